The van der Waals surface area contributed by atoms with Crippen LogP contribution in [0.3, 0.4) is 0 Å². The Morgan fingerprint density at radius 1 is 1.29 bits per heavy atom. The van der Waals surface area contributed by atoms with Gasteiger partial charge in [-0.1, -0.05) is 0 Å². The van der Waals surface area contributed by atoms with Gasteiger partial charge >= 0.3 is 12.0 Å². The number of anilines is 1. The summed E-state index contributed by atoms with van der Waals surface area (Å²) in [5.41, 5.74) is 5.86. The Hall–Kier alpha value is -2.22. The molecule has 1 atom stereocenters. The van der Waals surface area contributed by atoms with Gasteiger partial charge in [0.25, 0.3) is 0 Å². The van der Waals surface area contributed by atoms with Gasteiger partial charge in [-0.25, -0.2) is 9.59 Å². The van der Waals surface area contributed by atoms with E-state index in [1.165, 1.54) is 36.0 Å². The van der Waals surface area contributed by atoms with Crippen LogP contribution in [0.1, 0.15) is 16.8 Å². The molecule has 0 aromatic heterocycles. The van der Waals surface area contributed by atoms with Gasteiger partial charge in [0.2, 0.25) is 5.91 Å². The quantitative estimate of drug-likeness (QED) is 0.601. The number of aliphatic carboxylic acids is 1. The first-order chi connectivity index (χ1) is 9.93. The van der Waals surface area contributed by atoms with Gasteiger partial charge in [-0.15, -0.1) is 0 Å². The fourth-order valence-corrected chi connectivity index (χ4v) is 2.01. The molecule has 21 heavy (non-hydrogen) atoms. The molecule has 1 rings (SSSR count). The van der Waals surface area contributed by atoms with E-state index >= 15 is 0 Å². The largest absolute Gasteiger partial charge is 0.480 e. The van der Waals surface area contributed by atoms with Crippen LogP contribution in [0, 0.1) is 0 Å². The summed E-state index contributed by atoms with van der Waals surface area (Å²) in [4.78, 5) is 33.6. The molecule has 1 unspecified atom stereocenters. The highest BCUT2D eigenvalue weighted by atomic mass is 32.2. The SMILES string of the molecule is CSCCC(NC(=O)Nc1ccc(C(N)=O)cc1)C(=O)O. The molecule has 1 aromatic rings. The Morgan fingerprint density at radius 3 is 2.38 bits per heavy atom. The first-order valence-electron chi connectivity index (χ1n) is 6.13. The number of carboxylic acids is 1. The molecule has 0 radical (unpaired) electrons. The Bertz CT molecular complexity index is 519. The fourth-order valence-electron chi connectivity index (χ4n) is 1.54. The monoisotopic (exact) mass is 311 g/mol. The van der Waals surface area contributed by atoms with Crippen molar-refractivity contribution >= 4 is 35.4 Å². The van der Waals surface area contributed by atoms with Crippen LogP contribution in [0.5, 0.6) is 0 Å². The van der Waals surface area contributed by atoms with E-state index in [0.29, 0.717) is 23.4 Å². The molecule has 0 aliphatic rings. The molecule has 0 aliphatic carbocycles. The van der Waals surface area contributed by atoms with Crippen molar-refractivity contribution in [3.05, 3.63) is 29.8 Å². The third kappa shape index (κ3) is 5.74. The van der Waals surface area contributed by atoms with E-state index in [-0.39, 0.29) is 0 Å². The van der Waals surface area contributed by atoms with E-state index in [4.69, 9.17) is 10.8 Å². The molecule has 0 spiro atoms. The fraction of sp³-hybridized carbons (Fsp3) is 0.308. The maximum atomic E-state index is 11.7. The molecular weight excluding hydrogens is 294 g/mol. The number of nitrogens with two attached hydrogens (primary N) is 1. The number of primary amides is 1. The molecule has 1 aromatic carbocycles. The van der Waals surface area contributed by atoms with Crippen LogP contribution >= 0.6 is 11.8 Å². The lowest BCUT2D eigenvalue weighted by Gasteiger charge is -2.14. The smallest absolute Gasteiger partial charge is 0.326 e. The van der Waals surface area contributed by atoms with Gasteiger partial charge in [0.15, 0.2) is 0 Å². The molecule has 0 saturated carbocycles. The van der Waals surface area contributed by atoms with E-state index < -0.39 is 23.9 Å². The van der Waals surface area contributed by atoms with Crippen LogP contribution in [-0.4, -0.2) is 41.1 Å². The minimum absolute atomic E-state index is 0.323. The highest BCUT2D eigenvalue weighted by Gasteiger charge is 2.19. The normalized spacial score (nSPS) is 11.5. The van der Waals surface area contributed by atoms with Gasteiger partial charge in [-0.2, -0.15) is 11.8 Å². The van der Waals surface area contributed by atoms with Gasteiger partial charge in [0.05, 0.1) is 0 Å². The van der Waals surface area contributed by atoms with Gasteiger partial charge in [0, 0.05) is 11.3 Å². The summed E-state index contributed by atoms with van der Waals surface area (Å²) in [7, 11) is 0. The second kappa shape index (κ2) is 8.15. The highest BCUT2D eigenvalue weighted by molar-refractivity contribution is 7.98. The van der Waals surface area contributed by atoms with Crippen LogP contribution in [0.15, 0.2) is 24.3 Å². The lowest BCUT2D eigenvalue weighted by molar-refractivity contribution is -0.139. The number of rotatable bonds is 7. The first-order valence-corrected chi connectivity index (χ1v) is 7.52. The molecule has 0 heterocycles. The van der Waals surface area contributed by atoms with Crippen molar-refractivity contribution in [3.8, 4) is 0 Å². The Kier molecular flexibility index (Phi) is 6.54. The van der Waals surface area contributed by atoms with E-state index in [2.05, 4.69) is 10.6 Å². The average molecular weight is 311 g/mol. The van der Waals surface area contributed by atoms with E-state index in [1.54, 1.807) is 0 Å². The summed E-state index contributed by atoms with van der Waals surface area (Å²) in [5, 5.41) is 13.9. The van der Waals surface area contributed by atoms with E-state index in [0.717, 1.165) is 0 Å². The molecule has 114 valence electrons. The van der Waals surface area contributed by atoms with E-state index in [1.807, 2.05) is 6.26 Å². The third-order valence-corrected chi connectivity index (χ3v) is 3.29. The number of hydrogen-bond donors (Lipinski definition) is 4. The predicted molar refractivity (Wildman–Crippen MR) is 81.5 cm³/mol. The third-order valence-electron chi connectivity index (χ3n) is 2.64. The van der Waals surface area contributed by atoms with E-state index in [9.17, 15) is 14.4 Å². The molecule has 7 nitrogen and oxygen atoms in total. The van der Waals surface area contributed by atoms with Crippen molar-refractivity contribution < 1.29 is 19.5 Å². The number of urea groups is 1. The zero-order chi connectivity index (χ0) is 15.8. The molecular formula is C13H17N3O4S. The summed E-state index contributed by atoms with van der Waals surface area (Å²) in [6.07, 6.45) is 2.20. The number of carboxylic acid groups (broad SMARTS) is 1. The number of thioether (sulfide) groups is 1. The van der Waals surface area contributed by atoms with Crippen LogP contribution in [0.25, 0.3) is 0 Å². The van der Waals surface area contributed by atoms with Crippen LogP contribution in [-0.2, 0) is 4.79 Å². The molecule has 8 heteroatoms. The number of carbonyl (C=O) groups is 3. The van der Waals surface area contributed by atoms with Crippen molar-refractivity contribution in [1.82, 2.24) is 5.32 Å². The maximum Gasteiger partial charge on any atom is 0.326 e. The van der Waals surface area contributed by atoms with Crippen molar-refractivity contribution in [2.45, 2.75) is 12.5 Å². The average Bonchev–Trinajstić information content (AvgIpc) is 2.43. The Balaban J connectivity index is 2.59. The zero-order valence-corrected chi connectivity index (χ0v) is 12.3. The molecule has 0 aliphatic heterocycles. The minimum atomic E-state index is -1.08. The number of nitrogens with one attached hydrogen (secondary N) is 2. The molecule has 3 amide bonds. The topological polar surface area (TPSA) is 122 Å². The van der Waals surface area contributed by atoms with Gasteiger partial charge < -0.3 is 21.5 Å². The van der Waals surface area contributed by atoms with Crippen molar-refractivity contribution in [2.24, 2.45) is 5.73 Å². The molecule has 0 fully saturated rings. The highest BCUT2D eigenvalue weighted by Crippen LogP contribution is 2.09. The van der Waals surface area contributed by atoms with Crippen LogP contribution in [0.4, 0.5) is 10.5 Å². The second-order valence-electron chi connectivity index (χ2n) is 4.21. The summed E-state index contributed by atoms with van der Waals surface area (Å²) in [6.45, 7) is 0. The Labute approximate surface area is 126 Å². The first kappa shape index (κ1) is 16.8. The lowest BCUT2D eigenvalue weighted by Crippen LogP contribution is -2.43. The van der Waals surface area contributed by atoms with Crippen molar-refractivity contribution in [3.63, 3.8) is 0 Å². The van der Waals surface area contributed by atoms with Gasteiger partial charge in [0.1, 0.15) is 6.04 Å². The van der Waals surface area contributed by atoms with Crippen molar-refractivity contribution in [2.75, 3.05) is 17.3 Å². The van der Waals surface area contributed by atoms with Crippen molar-refractivity contribution in [1.29, 1.82) is 0 Å². The summed E-state index contributed by atoms with van der Waals surface area (Å²) < 4.78 is 0. The molecule has 5 N–H and O–H groups in total. The number of amides is 3. The van der Waals surface area contributed by atoms with Crippen LogP contribution in [0.2, 0.25) is 0 Å². The van der Waals surface area contributed by atoms with Gasteiger partial charge in [-0.3, -0.25) is 4.79 Å². The molecule has 0 bridgehead atoms. The maximum absolute atomic E-state index is 11.7. The number of benzene rings is 1. The number of hydrogen-bond acceptors (Lipinski definition) is 4. The Morgan fingerprint density at radius 2 is 1.90 bits per heavy atom. The summed E-state index contributed by atoms with van der Waals surface area (Å²) in [5.74, 6) is -1.01. The summed E-state index contributed by atoms with van der Waals surface area (Å²) in [6, 6.07) is 4.41. The standard InChI is InChI=1S/C13H17N3O4S/c1-21-7-6-10(12(18)19)16-13(20)15-9-4-2-8(3-5-9)11(14)17/h2-5,10H,6-7H2,1H3,(H2,14,17)(H,18,19)(H2,15,16,20). The van der Waals surface area contributed by atoms with Gasteiger partial charge in [-0.05, 0) is 42.7 Å². The zero-order valence-electron chi connectivity index (χ0n) is 11.5. The minimum Gasteiger partial charge on any atom is -0.480 e. The molecule has 0 saturated heterocycles. The summed E-state index contributed by atoms with van der Waals surface area (Å²) >= 11 is 1.50. The van der Waals surface area contributed by atoms with Crippen LogP contribution < -0.4 is 16.4 Å². The second-order valence-corrected chi connectivity index (χ2v) is 5.20. The lowest BCUT2D eigenvalue weighted by atomic mass is 10.2. The number of carbonyl (C=O) groups excluding carboxylic acids is 2. The predicted octanol–water partition coefficient (Wildman–Crippen LogP) is 1.11.